The van der Waals surface area contributed by atoms with Gasteiger partial charge < -0.3 is 18.9 Å². The average Bonchev–Trinajstić information content (AvgIpc) is 3.34. The summed E-state index contributed by atoms with van der Waals surface area (Å²) in [7, 11) is -1.31. The van der Waals surface area contributed by atoms with Crippen LogP contribution in [-0.4, -0.2) is 24.2 Å². The van der Waals surface area contributed by atoms with Gasteiger partial charge in [0.1, 0.15) is 24.7 Å². The Bertz CT molecular complexity index is 1610. The van der Waals surface area contributed by atoms with E-state index < -0.39 is 14.4 Å². The van der Waals surface area contributed by atoms with Crippen molar-refractivity contribution in [3.8, 4) is 11.8 Å². The van der Waals surface area contributed by atoms with Crippen LogP contribution in [0.5, 0.6) is 11.8 Å². The maximum Gasteiger partial charge on any atom is 0.302 e. The Balaban J connectivity index is 1.51. The summed E-state index contributed by atoms with van der Waals surface area (Å²) in [4.78, 5) is 4.87. The van der Waals surface area contributed by atoms with Gasteiger partial charge in [-0.2, -0.15) is 4.98 Å². The SMILES string of the molecule is Cc1c(F)cc2c(nc(OC(OCc3ccccc3)c3ccccc3)n2COCC[Si](C)(C)C)c1OCc1ccccc1. The second-order valence-electron chi connectivity index (χ2n) is 11.8. The molecule has 0 N–H and O–H groups in total. The molecule has 1 heterocycles. The summed E-state index contributed by atoms with van der Waals surface area (Å²) in [6, 6.07) is 32.2. The number of hydrogen-bond acceptors (Lipinski definition) is 5. The molecule has 1 unspecified atom stereocenters. The van der Waals surface area contributed by atoms with E-state index in [0.29, 0.717) is 35.6 Å². The number of benzene rings is 4. The average molecular weight is 599 g/mol. The van der Waals surface area contributed by atoms with Crippen molar-refractivity contribution in [1.29, 1.82) is 0 Å². The van der Waals surface area contributed by atoms with Crippen LogP contribution < -0.4 is 9.47 Å². The van der Waals surface area contributed by atoms with Gasteiger partial charge in [-0.1, -0.05) is 111 Å². The highest BCUT2D eigenvalue weighted by atomic mass is 28.3. The molecule has 224 valence electrons. The third-order valence-corrected chi connectivity index (χ3v) is 8.82. The quantitative estimate of drug-likeness (QED) is 0.0727. The molecule has 0 radical (unpaired) electrons. The highest BCUT2D eigenvalue weighted by Crippen LogP contribution is 2.36. The lowest BCUT2D eigenvalue weighted by Gasteiger charge is -2.21. The molecule has 1 aromatic heterocycles. The third kappa shape index (κ3) is 8.10. The summed E-state index contributed by atoms with van der Waals surface area (Å²) < 4.78 is 42.3. The molecule has 0 aliphatic carbocycles. The number of halogens is 1. The first kappa shape index (κ1) is 30.5. The van der Waals surface area contributed by atoms with Crippen molar-refractivity contribution in [2.24, 2.45) is 0 Å². The number of fused-ring (bicyclic) bond motifs is 1. The van der Waals surface area contributed by atoms with Crippen LogP contribution in [0.3, 0.4) is 0 Å². The molecule has 6 nitrogen and oxygen atoms in total. The molecule has 0 aliphatic rings. The van der Waals surface area contributed by atoms with Gasteiger partial charge in [-0.15, -0.1) is 0 Å². The molecule has 1 atom stereocenters. The number of ether oxygens (including phenoxy) is 4. The Labute approximate surface area is 254 Å². The molecule has 0 fully saturated rings. The zero-order valence-electron chi connectivity index (χ0n) is 25.3. The second-order valence-corrected chi connectivity index (χ2v) is 17.4. The van der Waals surface area contributed by atoms with Gasteiger partial charge in [0, 0.05) is 31.9 Å². The number of aromatic nitrogens is 2. The van der Waals surface area contributed by atoms with Crippen molar-refractivity contribution in [3.63, 3.8) is 0 Å². The largest absolute Gasteiger partial charge is 0.486 e. The van der Waals surface area contributed by atoms with Crippen LogP contribution in [-0.2, 0) is 29.4 Å². The Morgan fingerprint density at radius 3 is 2.07 bits per heavy atom. The van der Waals surface area contributed by atoms with Crippen molar-refractivity contribution < 1.29 is 23.3 Å². The van der Waals surface area contributed by atoms with Crippen LogP contribution in [0, 0.1) is 12.7 Å². The van der Waals surface area contributed by atoms with Gasteiger partial charge in [0.25, 0.3) is 0 Å². The second kappa shape index (κ2) is 14.0. The molecule has 5 rings (SSSR count). The van der Waals surface area contributed by atoms with Gasteiger partial charge in [-0.25, -0.2) is 4.39 Å². The van der Waals surface area contributed by atoms with E-state index in [1.165, 1.54) is 6.07 Å². The van der Waals surface area contributed by atoms with Crippen LogP contribution >= 0.6 is 0 Å². The highest BCUT2D eigenvalue weighted by molar-refractivity contribution is 6.76. The van der Waals surface area contributed by atoms with Crippen molar-refractivity contribution in [1.82, 2.24) is 9.55 Å². The van der Waals surface area contributed by atoms with E-state index in [4.69, 9.17) is 23.9 Å². The van der Waals surface area contributed by atoms with E-state index in [0.717, 1.165) is 22.7 Å². The number of imidazole rings is 1. The molecule has 8 heteroatoms. The van der Waals surface area contributed by atoms with Crippen molar-refractivity contribution in [2.45, 2.75) is 58.8 Å². The van der Waals surface area contributed by atoms with Crippen molar-refractivity contribution in [3.05, 3.63) is 125 Å². The van der Waals surface area contributed by atoms with E-state index in [1.54, 1.807) is 11.5 Å². The first-order valence-corrected chi connectivity index (χ1v) is 18.3. The smallest absolute Gasteiger partial charge is 0.302 e. The van der Waals surface area contributed by atoms with Gasteiger partial charge in [0.05, 0.1) is 12.1 Å². The third-order valence-electron chi connectivity index (χ3n) is 7.12. The summed E-state index contributed by atoms with van der Waals surface area (Å²) in [5, 5.41) is 0. The summed E-state index contributed by atoms with van der Waals surface area (Å²) in [5.41, 5.74) is 4.25. The molecule has 0 bridgehead atoms. The molecule has 4 aromatic carbocycles. The molecular weight excluding hydrogens is 559 g/mol. The lowest BCUT2D eigenvalue weighted by Crippen LogP contribution is -2.22. The molecule has 0 saturated carbocycles. The lowest BCUT2D eigenvalue weighted by atomic mass is 10.1. The maximum atomic E-state index is 15.4. The van der Waals surface area contributed by atoms with E-state index >= 15 is 4.39 Å². The minimum atomic E-state index is -1.31. The van der Waals surface area contributed by atoms with Crippen LogP contribution in [0.1, 0.15) is 28.5 Å². The molecule has 43 heavy (non-hydrogen) atoms. The van der Waals surface area contributed by atoms with Gasteiger partial charge in [-0.05, 0) is 24.1 Å². The topological polar surface area (TPSA) is 54.7 Å². The van der Waals surface area contributed by atoms with Gasteiger partial charge in [-0.3, -0.25) is 4.57 Å². The zero-order chi connectivity index (χ0) is 30.2. The molecule has 0 aliphatic heterocycles. The maximum absolute atomic E-state index is 15.4. The van der Waals surface area contributed by atoms with Crippen molar-refractivity contribution in [2.75, 3.05) is 6.61 Å². The number of hydrogen-bond donors (Lipinski definition) is 0. The minimum absolute atomic E-state index is 0.150. The summed E-state index contributed by atoms with van der Waals surface area (Å²) in [6.07, 6.45) is -0.765. The summed E-state index contributed by atoms with van der Waals surface area (Å²) >= 11 is 0. The van der Waals surface area contributed by atoms with Gasteiger partial charge in [0.2, 0.25) is 6.29 Å². The molecule has 0 spiro atoms. The van der Waals surface area contributed by atoms with Crippen molar-refractivity contribution >= 4 is 19.1 Å². The minimum Gasteiger partial charge on any atom is -0.486 e. The Kier molecular flexibility index (Phi) is 9.92. The fourth-order valence-corrected chi connectivity index (χ4v) is 5.33. The predicted molar refractivity (Wildman–Crippen MR) is 170 cm³/mol. The normalized spacial score (nSPS) is 12.4. The zero-order valence-corrected chi connectivity index (χ0v) is 26.3. The van der Waals surface area contributed by atoms with Crippen LogP contribution in [0.25, 0.3) is 11.0 Å². The highest BCUT2D eigenvalue weighted by Gasteiger charge is 2.24. The fourth-order valence-electron chi connectivity index (χ4n) is 4.58. The van der Waals surface area contributed by atoms with Gasteiger partial charge in [0.15, 0.2) is 5.75 Å². The predicted octanol–water partition coefficient (Wildman–Crippen LogP) is 8.67. The summed E-state index contributed by atoms with van der Waals surface area (Å²) in [6.45, 7) is 9.98. The molecule has 5 aromatic rings. The van der Waals surface area contributed by atoms with Crippen LogP contribution in [0.2, 0.25) is 25.7 Å². The van der Waals surface area contributed by atoms with E-state index in [9.17, 15) is 0 Å². The summed E-state index contributed by atoms with van der Waals surface area (Å²) in [5.74, 6) is -0.00341. The molecular formula is C35H39FN2O4Si. The van der Waals surface area contributed by atoms with E-state index in [2.05, 4.69) is 19.6 Å². The first-order chi connectivity index (χ1) is 20.8. The monoisotopic (exact) mass is 598 g/mol. The Hall–Kier alpha value is -3.98. The fraction of sp³-hybridized carbons (Fsp3) is 0.286. The first-order valence-electron chi connectivity index (χ1n) is 14.6. The molecule has 0 amide bonds. The molecule has 0 saturated heterocycles. The van der Waals surface area contributed by atoms with Crippen LogP contribution in [0.4, 0.5) is 4.39 Å². The number of nitrogens with zero attached hydrogens (tertiary/aromatic N) is 2. The number of rotatable bonds is 14. The lowest BCUT2D eigenvalue weighted by molar-refractivity contribution is -0.100. The van der Waals surface area contributed by atoms with E-state index in [-0.39, 0.29) is 25.2 Å². The van der Waals surface area contributed by atoms with E-state index in [1.807, 2.05) is 91.0 Å². The van der Waals surface area contributed by atoms with Crippen LogP contribution in [0.15, 0.2) is 97.1 Å². The van der Waals surface area contributed by atoms with Gasteiger partial charge >= 0.3 is 6.01 Å². The Morgan fingerprint density at radius 1 is 0.837 bits per heavy atom. The Morgan fingerprint density at radius 2 is 1.44 bits per heavy atom. The standard InChI is InChI=1S/C35H39FN2O4Si/c1-26-30(36)22-31-32(33(26)40-23-27-14-8-5-9-15-27)37-35(38(31)25-39-20-21-43(2,3)4)42-34(29-18-12-7-13-19-29)41-24-28-16-10-6-11-17-28/h5-19,22,34H,20-21,23-25H2,1-4H3.